The molecule has 0 aromatic rings. The van der Waals surface area contributed by atoms with E-state index < -0.39 is 49.4 Å². The molecule has 0 aromatic carbocycles. The molecule has 0 saturated heterocycles. The molecular weight excluding hydrogens is 530 g/mol. The van der Waals surface area contributed by atoms with Crippen LogP contribution in [0, 0.1) is 0 Å². The Bertz CT molecular complexity index is 1100. The van der Waals surface area contributed by atoms with E-state index in [4.69, 9.17) is 10.2 Å². The van der Waals surface area contributed by atoms with Gasteiger partial charge in [0.15, 0.2) is 0 Å². The zero-order valence-corrected chi connectivity index (χ0v) is 22.2. The van der Waals surface area contributed by atoms with E-state index in [1.165, 1.54) is 14.7 Å². The molecule has 2 aliphatic rings. The van der Waals surface area contributed by atoms with Crippen molar-refractivity contribution in [1.29, 1.82) is 0 Å². The monoisotopic (exact) mass is 565 g/mol. The Morgan fingerprint density at radius 3 is 1.88 bits per heavy atom. The first-order valence-corrected chi connectivity index (χ1v) is 12.6. The smallest absolute Gasteiger partial charge is 0.317 e. The number of nitrogens with one attached hydrogen (secondary N) is 2. The van der Waals surface area contributed by atoms with Gasteiger partial charge in [-0.3, -0.25) is 43.5 Å². The van der Waals surface area contributed by atoms with Crippen LogP contribution in [0.5, 0.6) is 0 Å². The predicted molar refractivity (Wildman–Crippen MR) is 139 cm³/mol. The van der Waals surface area contributed by atoms with Crippen LogP contribution in [0.2, 0.25) is 0 Å². The van der Waals surface area contributed by atoms with Crippen LogP contribution in [0.3, 0.4) is 0 Å². The number of allylic oxidation sites excluding steroid dienone is 1. The van der Waals surface area contributed by atoms with E-state index in [2.05, 4.69) is 10.6 Å². The summed E-state index contributed by atoms with van der Waals surface area (Å²) in [5, 5.41) is 42.1. The van der Waals surface area contributed by atoms with Gasteiger partial charge in [-0.15, -0.1) is 0 Å². The molecule has 220 valence electrons. The molecule has 40 heavy (non-hydrogen) atoms. The SMILES string of the molecule is CC1=C2C=CC(NC(=O)CN(CCN(CCN(CCC(=O)O)CC(=O)O)CC(=O)O)CC(=O)O)=CC2NC(=O)C1. The largest absolute Gasteiger partial charge is 0.481 e. The van der Waals surface area contributed by atoms with E-state index >= 15 is 0 Å². The summed E-state index contributed by atoms with van der Waals surface area (Å²) in [7, 11) is 0. The summed E-state index contributed by atoms with van der Waals surface area (Å²) in [5.41, 5.74) is 2.31. The van der Waals surface area contributed by atoms with Crippen molar-refractivity contribution in [2.24, 2.45) is 0 Å². The normalized spacial score (nSPS) is 16.6. The highest BCUT2D eigenvalue weighted by atomic mass is 16.4. The number of carboxylic acids is 4. The summed E-state index contributed by atoms with van der Waals surface area (Å²) >= 11 is 0. The van der Waals surface area contributed by atoms with E-state index in [-0.39, 0.29) is 57.6 Å². The van der Waals surface area contributed by atoms with Gasteiger partial charge in [-0.2, -0.15) is 0 Å². The number of carbonyl (C=O) groups is 6. The number of rotatable bonds is 18. The summed E-state index contributed by atoms with van der Waals surface area (Å²) in [6.45, 7) is 0.390. The fourth-order valence-electron chi connectivity index (χ4n) is 4.34. The summed E-state index contributed by atoms with van der Waals surface area (Å²) in [5.74, 6) is -5.25. The maximum Gasteiger partial charge on any atom is 0.317 e. The van der Waals surface area contributed by atoms with Gasteiger partial charge in [-0.25, -0.2) is 0 Å². The predicted octanol–water partition coefficient (Wildman–Crippen LogP) is -1.60. The lowest BCUT2D eigenvalue weighted by Crippen LogP contribution is -2.46. The molecule has 1 unspecified atom stereocenters. The molecule has 0 aromatic heterocycles. The molecule has 0 fully saturated rings. The summed E-state index contributed by atoms with van der Waals surface area (Å²) < 4.78 is 0. The van der Waals surface area contributed by atoms with Crippen LogP contribution in [-0.4, -0.2) is 136 Å². The molecule has 1 heterocycles. The molecule has 2 rings (SSSR count). The zero-order valence-electron chi connectivity index (χ0n) is 22.2. The first-order chi connectivity index (χ1) is 18.8. The van der Waals surface area contributed by atoms with E-state index in [1.54, 1.807) is 18.2 Å². The molecule has 15 heteroatoms. The lowest BCUT2D eigenvalue weighted by atomic mass is 9.91. The van der Waals surface area contributed by atoms with Crippen LogP contribution >= 0.6 is 0 Å². The topological polar surface area (TPSA) is 217 Å². The third-order valence-corrected chi connectivity index (χ3v) is 6.19. The molecule has 15 nitrogen and oxygen atoms in total. The average Bonchev–Trinajstić information content (AvgIpc) is 2.82. The number of carboxylic acid groups (broad SMARTS) is 4. The minimum absolute atomic E-state index is 0.0146. The van der Waals surface area contributed by atoms with Crippen LogP contribution in [-0.2, 0) is 28.8 Å². The third-order valence-electron chi connectivity index (χ3n) is 6.19. The Morgan fingerprint density at radius 2 is 1.32 bits per heavy atom. The van der Waals surface area contributed by atoms with Crippen molar-refractivity contribution in [3.63, 3.8) is 0 Å². The first kappa shape index (κ1) is 32.1. The molecule has 2 amide bonds. The number of aliphatic carboxylic acids is 4. The van der Waals surface area contributed by atoms with E-state index in [1.807, 2.05) is 6.92 Å². The summed E-state index contributed by atoms with van der Waals surface area (Å²) in [6.07, 6.45) is 5.20. The lowest BCUT2D eigenvalue weighted by Gasteiger charge is -2.29. The van der Waals surface area contributed by atoms with Crippen LogP contribution in [0.15, 0.2) is 35.1 Å². The highest BCUT2D eigenvalue weighted by Gasteiger charge is 2.25. The van der Waals surface area contributed by atoms with Gasteiger partial charge in [0.1, 0.15) is 0 Å². The second-order valence-corrected chi connectivity index (χ2v) is 9.55. The molecule has 0 spiro atoms. The number of carbonyl (C=O) groups excluding carboxylic acids is 2. The van der Waals surface area contributed by atoms with Gasteiger partial charge in [0.25, 0.3) is 0 Å². The zero-order chi connectivity index (χ0) is 29.8. The number of fused-ring (bicyclic) bond motifs is 1. The van der Waals surface area contributed by atoms with Crippen molar-refractivity contribution in [2.45, 2.75) is 25.8 Å². The maximum atomic E-state index is 12.7. The highest BCUT2D eigenvalue weighted by molar-refractivity contribution is 5.84. The van der Waals surface area contributed by atoms with Crippen molar-refractivity contribution >= 4 is 35.7 Å². The summed E-state index contributed by atoms with van der Waals surface area (Å²) in [6, 6.07) is -0.377. The van der Waals surface area contributed by atoms with Crippen LogP contribution in [0.4, 0.5) is 0 Å². The van der Waals surface area contributed by atoms with E-state index in [0.29, 0.717) is 12.1 Å². The first-order valence-electron chi connectivity index (χ1n) is 12.6. The Kier molecular flexibility index (Phi) is 12.4. The standard InChI is InChI=1S/C25H35N5O10/c1-16-10-20(31)27-19-11-17(2-3-18(16)19)26-21(32)12-30(15-25(39)40)9-8-29(14-24(37)38)7-6-28(13-23(35)36)5-4-22(33)34/h2-3,11,19H,4-10,12-15H2,1H3,(H,26,32)(H,27,31)(H,33,34)(H,35,36)(H,37,38)(H,39,40). The fourth-order valence-corrected chi connectivity index (χ4v) is 4.34. The number of hydrogen-bond donors (Lipinski definition) is 6. The van der Waals surface area contributed by atoms with Gasteiger partial charge < -0.3 is 31.1 Å². The molecule has 1 aliphatic carbocycles. The van der Waals surface area contributed by atoms with Crippen LogP contribution < -0.4 is 10.6 Å². The second kappa shape index (κ2) is 15.5. The molecule has 6 N–H and O–H groups in total. The van der Waals surface area contributed by atoms with Crippen molar-refractivity contribution < 1.29 is 49.2 Å². The van der Waals surface area contributed by atoms with Crippen molar-refractivity contribution in [3.8, 4) is 0 Å². The van der Waals surface area contributed by atoms with Gasteiger partial charge in [0.05, 0.1) is 38.6 Å². The van der Waals surface area contributed by atoms with Crippen LogP contribution in [0.1, 0.15) is 19.8 Å². The summed E-state index contributed by atoms with van der Waals surface area (Å²) in [4.78, 5) is 73.5. The van der Waals surface area contributed by atoms with Crippen molar-refractivity contribution in [2.75, 3.05) is 58.9 Å². The van der Waals surface area contributed by atoms with E-state index in [9.17, 15) is 39.0 Å². The quantitative estimate of drug-likeness (QED) is 0.110. The third kappa shape index (κ3) is 11.8. The fraction of sp³-hybridized carbons (Fsp3) is 0.520. The molecule has 1 aliphatic heterocycles. The second-order valence-electron chi connectivity index (χ2n) is 9.55. The van der Waals surface area contributed by atoms with Gasteiger partial charge >= 0.3 is 23.9 Å². The van der Waals surface area contributed by atoms with Crippen molar-refractivity contribution in [3.05, 3.63) is 35.1 Å². The Labute approximate surface area is 230 Å². The van der Waals surface area contributed by atoms with Gasteiger partial charge in [0.2, 0.25) is 11.8 Å². The lowest BCUT2D eigenvalue weighted by molar-refractivity contribution is -0.141. The number of nitrogens with zero attached hydrogens (tertiary/aromatic N) is 3. The average molecular weight is 566 g/mol. The Morgan fingerprint density at radius 1 is 0.800 bits per heavy atom. The van der Waals surface area contributed by atoms with Gasteiger partial charge in [-0.1, -0.05) is 11.6 Å². The van der Waals surface area contributed by atoms with E-state index in [0.717, 1.165) is 11.1 Å². The van der Waals surface area contributed by atoms with Crippen LogP contribution in [0.25, 0.3) is 0 Å². The highest BCUT2D eigenvalue weighted by Crippen LogP contribution is 2.24. The molecule has 0 saturated carbocycles. The minimum atomic E-state index is -1.19. The molecule has 0 radical (unpaired) electrons. The number of hydrogen-bond acceptors (Lipinski definition) is 9. The Balaban J connectivity index is 1.99. The molecule has 1 atom stereocenters. The minimum Gasteiger partial charge on any atom is -0.481 e. The molecular formula is C25H35N5O10. The van der Waals surface area contributed by atoms with Crippen molar-refractivity contribution in [1.82, 2.24) is 25.3 Å². The maximum absolute atomic E-state index is 12.7. The number of amides is 2. The Hall–Kier alpha value is -4.08. The molecule has 0 bridgehead atoms. The van der Waals surface area contributed by atoms with Gasteiger partial charge in [0, 0.05) is 44.8 Å². The van der Waals surface area contributed by atoms with Gasteiger partial charge in [-0.05, 0) is 24.6 Å².